The van der Waals surface area contributed by atoms with Crippen LogP contribution in [0.15, 0.2) is 46.2 Å². The van der Waals surface area contributed by atoms with Gasteiger partial charge in [-0.3, -0.25) is 0 Å². The predicted octanol–water partition coefficient (Wildman–Crippen LogP) is 3.63. The van der Waals surface area contributed by atoms with E-state index in [4.69, 9.17) is 0 Å². The lowest BCUT2D eigenvalue weighted by Gasteiger charge is -2.25. The van der Waals surface area contributed by atoms with Crippen molar-refractivity contribution in [1.82, 2.24) is 4.31 Å². The normalized spacial score (nSPS) is 17.4. The molecule has 0 N–H and O–H groups in total. The fourth-order valence-electron chi connectivity index (χ4n) is 2.49. The summed E-state index contributed by atoms with van der Waals surface area (Å²) >= 11 is 1.63. The third-order valence-corrected chi connectivity index (χ3v) is 6.54. The molecule has 2 aromatic rings. The molecule has 0 saturated carbocycles. The van der Waals surface area contributed by atoms with Gasteiger partial charge in [-0.05, 0) is 47.9 Å². The van der Waals surface area contributed by atoms with Crippen LogP contribution in [0.1, 0.15) is 19.8 Å². The van der Waals surface area contributed by atoms with Crippen LogP contribution in [0.4, 0.5) is 0 Å². The topological polar surface area (TPSA) is 37.4 Å². The van der Waals surface area contributed by atoms with Gasteiger partial charge < -0.3 is 0 Å². The molecule has 1 aliphatic heterocycles. The van der Waals surface area contributed by atoms with E-state index in [1.54, 1.807) is 27.8 Å². The van der Waals surface area contributed by atoms with Crippen molar-refractivity contribution in [2.24, 2.45) is 0 Å². The zero-order valence-electron chi connectivity index (χ0n) is 11.4. The maximum atomic E-state index is 12.6. The second-order valence-electron chi connectivity index (χ2n) is 4.95. The lowest BCUT2D eigenvalue weighted by atomic mass is 10.1. The van der Waals surface area contributed by atoms with E-state index in [1.165, 1.54) is 5.57 Å². The molecule has 0 saturated heterocycles. The molecule has 20 heavy (non-hydrogen) atoms. The fourth-order valence-corrected chi connectivity index (χ4v) is 4.67. The summed E-state index contributed by atoms with van der Waals surface area (Å²) in [5.41, 5.74) is 1.35. The molecular weight excluding hydrogens is 290 g/mol. The summed E-state index contributed by atoms with van der Waals surface area (Å²) in [4.78, 5) is 0.400. The van der Waals surface area contributed by atoms with E-state index in [0.717, 1.165) is 22.9 Å². The van der Waals surface area contributed by atoms with Crippen molar-refractivity contribution in [3.05, 3.63) is 41.3 Å². The average molecular weight is 307 g/mol. The zero-order chi connectivity index (χ0) is 14.2. The molecule has 1 aromatic heterocycles. The van der Waals surface area contributed by atoms with E-state index in [2.05, 4.69) is 6.92 Å². The minimum absolute atomic E-state index is 0.400. The van der Waals surface area contributed by atoms with Crippen LogP contribution in [0, 0.1) is 0 Å². The molecule has 3 rings (SSSR count). The monoisotopic (exact) mass is 307 g/mol. The maximum Gasteiger partial charge on any atom is 0.243 e. The van der Waals surface area contributed by atoms with Gasteiger partial charge in [0.15, 0.2) is 0 Å². The summed E-state index contributed by atoms with van der Waals surface area (Å²) < 4.78 is 28.0. The van der Waals surface area contributed by atoms with Crippen LogP contribution >= 0.6 is 11.3 Å². The second kappa shape index (κ2) is 5.31. The number of hydrogen-bond acceptors (Lipinski definition) is 3. The SMILES string of the molecule is CCC1=CCN(S(=O)(=O)c2ccc3sccc3c2)CC1. The van der Waals surface area contributed by atoms with Crippen molar-refractivity contribution < 1.29 is 8.42 Å². The molecular formula is C15H17NO2S2. The molecule has 0 bridgehead atoms. The fraction of sp³-hybridized carbons (Fsp3) is 0.333. The highest BCUT2D eigenvalue weighted by Crippen LogP contribution is 2.27. The Bertz CT molecular complexity index is 759. The Balaban J connectivity index is 1.93. The first-order valence-electron chi connectivity index (χ1n) is 6.76. The van der Waals surface area contributed by atoms with Crippen molar-refractivity contribution in [2.75, 3.05) is 13.1 Å². The number of hydrogen-bond donors (Lipinski definition) is 0. The van der Waals surface area contributed by atoms with Crippen LogP contribution in [-0.4, -0.2) is 25.8 Å². The van der Waals surface area contributed by atoms with Crippen LogP contribution in [-0.2, 0) is 10.0 Å². The summed E-state index contributed by atoms with van der Waals surface area (Å²) in [5.74, 6) is 0. The molecule has 1 aromatic carbocycles. The van der Waals surface area contributed by atoms with Crippen LogP contribution in [0.5, 0.6) is 0 Å². The third-order valence-electron chi connectivity index (χ3n) is 3.78. The Morgan fingerprint density at radius 1 is 1.30 bits per heavy atom. The van der Waals surface area contributed by atoms with Crippen LogP contribution in [0.25, 0.3) is 10.1 Å². The number of fused-ring (bicyclic) bond motifs is 1. The summed E-state index contributed by atoms with van der Waals surface area (Å²) in [6, 6.07) is 7.35. The highest BCUT2D eigenvalue weighted by molar-refractivity contribution is 7.89. The quantitative estimate of drug-likeness (QED) is 0.812. The van der Waals surface area contributed by atoms with Gasteiger partial charge in [-0.2, -0.15) is 4.31 Å². The van der Waals surface area contributed by atoms with Crippen molar-refractivity contribution >= 4 is 31.4 Å². The second-order valence-corrected chi connectivity index (χ2v) is 7.83. The molecule has 0 unspecified atom stereocenters. The van der Waals surface area contributed by atoms with Gasteiger partial charge in [0.2, 0.25) is 10.0 Å². The summed E-state index contributed by atoms with van der Waals surface area (Å²) in [5, 5.41) is 2.98. The lowest BCUT2D eigenvalue weighted by Crippen LogP contribution is -2.34. The molecule has 0 fully saturated rings. The predicted molar refractivity (Wildman–Crippen MR) is 83.6 cm³/mol. The van der Waals surface area contributed by atoms with Gasteiger partial charge in [0.1, 0.15) is 0 Å². The van der Waals surface area contributed by atoms with Crippen molar-refractivity contribution in [3.8, 4) is 0 Å². The first-order valence-corrected chi connectivity index (χ1v) is 9.08. The number of nitrogens with zero attached hydrogens (tertiary/aromatic N) is 1. The first kappa shape index (κ1) is 13.8. The minimum Gasteiger partial charge on any atom is -0.207 e. The number of benzene rings is 1. The number of rotatable bonds is 3. The molecule has 2 heterocycles. The Kier molecular flexibility index (Phi) is 3.67. The van der Waals surface area contributed by atoms with Gasteiger partial charge in [0, 0.05) is 17.8 Å². The van der Waals surface area contributed by atoms with Gasteiger partial charge in [-0.25, -0.2) is 8.42 Å². The molecule has 0 amide bonds. The van der Waals surface area contributed by atoms with E-state index in [-0.39, 0.29) is 0 Å². The molecule has 106 valence electrons. The number of sulfonamides is 1. The third kappa shape index (κ3) is 2.41. The molecule has 0 spiro atoms. The molecule has 0 aliphatic carbocycles. The van der Waals surface area contributed by atoms with E-state index >= 15 is 0 Å². The molecule has 0 atom stereocenters. The van der Waals surface area contributed by atoms with Crippen LogP contribution < -0.4 is 0 Å². The molecule has 0 radical (unpaired) electrons. The van der Waals surface area contributed by atoms with Gasteiger partial charge >= 0.3 is 0 Å². The van der Waals surface area contributed by atoms with Crippen molar-refractivity contribution in [3.63, 3.8) is 0 Å². The van der Waals surface area contributed by atoms with Gasteiger partial charge in [0.25, 0.3) is 0 Å². The molecule has 3 nitrogen and oxygen atoms in total. The highest BCUT2D eigenvalue weighted by Gasteiger charge is 2.25. The Morgan fingerprint density at radius 3 is 2.85 bits per heavy atom. The minimum atomic E-state index is -3.37. The van der Waals surface area contributed by atoms with Crippen LogP contribution in [0.3, 0.4) is 0 Å². The maximum absolute atomic E-state index is 12.6. The molecule has 1 aliphatic rings. The largest absolute Gasteiger partial charge is 0.243 e. The van der Waals surface area contributed by atoms with E-state index in [9.17, 15) is 8.42 Å². The van der Waals surface area contributed by atoms with Gasteiger partial charge in [-0.15, -0.1) is 11.3 Å². The highest BCUT2D eigenvalue weighted by atomic mass is 32.2. The van der Waals surface area contributed by atoms with Crippen LogP contribution in [0.2, 0.25) is 0 Å². The average Bonchev–Trinajstić information content (AvgIpc) is 2.94. The summed E-state index contributed by atoms with van der Waals surface area (Å²) in [6.07, 6.45) is 3.90. The van der Waals surface area contributed by atoms with E-state index < -0.39 is 10.0 Å². The van der Waals surface area contributed by atoms with Gasteiger partial charge in [-0.1, -0.05) is 18.6 Å². The first-order chi connectivity index (χ1) is 9.61. The zero-order valence-corrected chi connectivity index (χ0v) is 13.0. The lowest BCUT2D eigenvalue weighted by molar-refractivity contribution is 0.429. The van der Waals surface area contributed by atoms with E-state index in [0.29, 0.717) is 18.0 Å². The van der Waals surface area contributed by atoms with Crippen molar-refractivity contribution in [2.45, 2.75) is 24.7 Å². The number of thiophene rings is 1. The summed E-state index contributed by atoms with van der Waals surface area (Å²) in [6.45, 7) is 3.19. The Hall–Kier alpha value is -1.17. The van der Waals surface area contributed by atoms with E-state index in [1.807, 2.05) is 23.6 Å². The standard InChI is InChI=1S/C15H17NO2S2/c1-2-12-5-8-16(9-6-12)20(17,18)14-3-4-15-13(11-14)7-10-19-15/h3-5,7,10-11H,2,6,8-9H2,1H3. The van der Waals surface area contributed by atoms with Crippen molar-refractivity contribution in [1.29, 1.82) is 0 Å². The Labute approximate surface area is 123 Å². The smallest absolute Gasteiger partial charge is 0.207 e. The Morgan fingerprint density at radius 2 is 2.15 bits per heavy atom. The molecule has 5 heteroatoms. The van der Waals surface area contributed by atoms with Gasteiger partial charge in [0.05, 0.1) is 4.90 Å². The summed E-state index contributed by atoms with van der Waals surface area (Å²) in [7, 11) is -3.37.